The van der Waals surface area contributed by atoms with E-state index in [1.54, 1.807) is 0 Å². The minimum Gasteiger partial charge on any atom is -0.357 e. The van der Waals surface area contributed by atoms with Crippen LogP contribution >= 0.6 is 12.2 Å². The predicted molar refractivity (Wildman–Crippen MR) is 141 cm³/mol. The van der Waals surface area contributed by atoms with Crippen molar-refractivity contribution in [3.63, 3.8) is 0 Å². The van der Waals surface area contributed by atoms with Gasteiger partial charge in [0, 0.05) is 19.1 Å². The van der Waals surface area contributed by atoms with Gasteiger partial charge in [-0.2, -0.15) is 0 Å². The Hall–Kier alpha value is -2.13. The van der Waals surface area contributed by atoms with Gasteiger partial charge in [-0.05, 0) is 116 Å². The fourth-order valence-corrected chi connectivity index (χ4v) is 8.03. The average Bonchev–Trinajstić information content (AvgIpc) is 2.95. The molecule has 0 heterocycles. The molecule has 1 N–H and O–H groups in total. The molecule has 0 saturated heterocycles. The van der Waals surface area contributed by atoms with E-state index in [-0.39, 0.29) is 5.54 Å². The number of nitrogens with zero attached hydrogens (tertiary/aromatic N) is 1. The molecular weight excluding hydrogens is 420 g/mol. The maximum Gasteiger partial charge on any atom is 0.169 e. The first kappa shape index (κ1) is 21.4. The molecule has 0 amide bonds. The van der Waals surface area contributed by atoms with Gasteiger partial charge in [0.1, 0.15) is 0 Å². The summed E-state index contributed by atoms with van der Waals surface area (Å²) in [6, 6.07) is 17.9. The molecule has 0 unspecified atom stereocenters. The number of hydrogen-bond donors (Lipinski definition) is 1. The Kier molecular flexibility index (Phi) is 5.57. The molecule has 3 heteroatoms. The van der Waals surface area contributed by atoms with Crippen LogP contribution in [-0.2, 0) is 12.8 Å². The van der Waals surface area contributed by atoms with Crippen LogP contribution in [0, 0.1) is 17.8 Å². The van der Waals surface area contributed by atoms with Gasteiger partial charge in [-0.15, -0.1) is 0 Å². The van der Waals surface area contributed by atoms with Crippen LogP contribution in [0.2, 0.25) is 0 Å². The van der Waals surface area contributed by atoms with E-state index in [1.165, 1.54) is 66.4 Å². The lowest BCUT2D eigenvalue weighted by molar-refractivity contribution is -0.0110. The number of hydrogen-bond acceptors (Lipinski definition) is 1. The van der Waals surface area contributed by atoms with Gasteiger partial charge in [0.05, 0.1) is 0 Å². The van der Waals surface area contributed by atoms with E-state index < -0.39 is 0 Å². The zero-order valence-corrected chi connectivity index (χ0v) is 20.7. The third-order valence-electron chi connectivity index (χ3n) is 8.85. The molecule has 7 rings (SSSR count). The number of thiocarbonyl (C=S) groups is 1. The molecule has 2 nitrogen and oxygen atoms in total. The lowest BCUT2D eigenvalue weighted by atomic mass is 9.53. The Morgan fingerprint density at radius 1 is 0.909 bits per heavy atom. The second-order valence-electron chi connectivity index (χ2n) is 11.3. The van der Waals surface area contributed by atoms with Gasteiger partial charge in [-0.1, -0.05) is 54.6 Å². The summed E-state index contributed by atoms with van der Waals surface area (Å²) in [5, 5.41) is 4.85. The number of benzene rings is 2. The van der Waals surface area contributed by atoms with Crippen LogP contribution in [0.5, 0.6) is 0 Å². The van der Waals surface area contributed by atoms with Gasteiger partial charge in [0.2, 0.25) is 0 Å². The predicted octanol–water partition coefficient (Wildman–Crippen LogP) is 6.38. The van der Waals surface area contributed by atoms with Crippen LogP contribution in [0.15, 0.2) is 54.6 Å². The molecule has 33 heavy (non-hydrogen) atoms. The van der Waals surface area contributed by atoms with E-state index in [9.17, 15) is 0 Å². The van der Waals surface area contributed by atoms with E-state index >= 15 is 0 Å². The summed E-state index contributed by atoms with van der Waals surface area (Å²) in [5.74, 6) is 2.82. The van der Waals surface area contributed by atoms with Gasteiger partial charge >= 0.3 is 0 Å². The number of aryl methyl sites for hydroxylation is 2. The lowest BCUT2D eigenvalue weighted by Crippen LogP contribution is -2.61. The lowest BCUT2D eigenvalue weighted by Gasteiger charge is -2.57. The van der Waals surface area contributed by atoms with Crippen LogP contribution in [0.1, 0.15) is 67.2 Å². The van der Waals surface area contributed by atoms with Crippen LogP contribution < -0.4 is 5.32 Å². The molecule has 4 bridgehead atoms. The maximum absolute atomic E-state index is 5.92. The van der Waals surface area contributed by atoms with Crippen molar-refractivity contribution in [1.29, 1.82) is 0 Å². The smallest absolute Gasteiger partial charge is 0.169 e. The van der Waals surface area contributed by atoms with Crippen molar-refractivity contribution in [2.24, 2.45) is 17.8 Å². The van der Waals surface area contributed by atoms with Crippen LogP contribution in [0.25, 0.3) is 5.57 Å². The number of fused-ring (bicyclic) bond motifs is 2. The molecule has 2 aromatic carbocycles. The first-order chi connectivity index (χ1) is 16.1. The Labute approximate surface area is 204 Å². The molecule has 0 spiro atoms. The van der Waals surface area contributed by atoms with Gasteiger partial charge in [-0.25, -0.2) is 0 Å². The van der Waals surface area contributed by atoms with Gasteiger partial charge in [0.15, 0.2) is 5.11 Å². The fraction of sp³-hybridized carbons (Fsp3) is 0.500. The minimum absolute atomic E-state index is 0.289. The molecule has 4 fully saturated rings. The van der Waals surface area contributed by atoms with Crippen molar-refractivity contribution in [3.05, 3.63) is 76.9 Å². The molecule has 0 aliphatic heterocycles. The number of rotatable bonds is 4. The molecule has 172 valence electrons. The van der Waals surface area contributed by atoms with Crippen molar-refractivity contribution in [2.45, 2.75) is 63.3 Å². The summed E-state index contributed by atoms with van der Waals surface area (Å²) >= 11 is 5.92. The molecule has 4 saturated carbocycles. The highest BCUT2D eigenvalue weighted by Gasteiger charge is 2.51. The van der Waals surface area contributed by atoms with Gasteiger partial charge < -0.3 is 10.2 Å². The zero-order valence-electron chi connectivity index (χ0n) is 19.9. The van der Waals surface area contributed by atoms with Crippen molar-refractivity contribution in [2.75, 3.05) is 13.6 Å². The first-order valence-electron chi connectivity index (χ1n) is 13.0. The minimum atomic E-state index is 0.289. The van der Waals surface area contributed by atoms with E-state index in [0.717, 1.165) is 48.7 Å². The molecule has 5 aliphatic carbocycles. The first-order valence-corrected chi connectivity index (χ1v) is 13.4. The summed E-state index contributed by atoms with van der Waals surface area (Å²) in [6.07, 6.45) is 14.1. The summed E-state index contributed by atoms with van der Waals surface area (Å²) in [4.78, 5) is 2.28. The SMILES string of the molecule is CN(CCC=C1c2ccccc2CCc2ccccc21)C(=S)NC12CC3CC(CC(C3)C1)C2. The van der Waals surface area contributed by atoms with E-state index in [0.29, 0.717) is 0 Å². The highest BCUT2D eigenvalue weighted by molar-refractivity contribution is 7.80. The highest BCUT2D eigenvalue weighted by Crippen LogP contribution is 2.55. The summed E-state index contributed by atoms with van der Waals surface area (Å²) < 4.78 is 0. The quantitative estimate of drug-likeness (QED) is 0.537. The third-order valence-corrected chi connectivity index (χ3v) is 9.26. The molecule has 2 aromatic rings. The average molecular weight is 457 g/mol. The molecule has 0 atom stereocenters. The van der Waals surface area contributed by atoms with Crippen molar-refractivity contribution in [1.82, 2.24) is 10.2 Å². The van der Waals surface area contributed by atoms with Crippen molar-refractivity contribution >= 4 is 22.9 Å². The topological polar surface area (TPSA) is 15.3 Å². The van der Waals surface area contributed by atoms with Crippen LogP contribution in [0.4, 0.5) is 0 Å². The Morgan fingerprint density at radius 2 is 1.42 bits per heavy atom. The monoisotopic (exact) mass is 456 g/mol. The molecular formula is C30H36N2S. The molecule has 5 aliphatic rings. The van der Waals surface area contributed by atoms with Gasteiger partial charge in [-0.3, -0.25) is 0 Å². The Morgan fingerprint density at radius 3 is 1.97 bits per heavy atom. The second-order valence-corrected chi connectivity index (χ2v) is 11.7. The van der Waals surface area contributed by atoms with Crippen LogP contribution in [-0.4, -0.2) is 29.1 Å². The summed E-state index contributed by atoms with van der Waals surface area (Å²) in [7, 11) is 2.17. The van der Waals surface area contributed by atoms with E-state index in [4.69, 9.17) is 12.2 Å². The maximum atomic E-state index is 5.92. The Bertz CT molecular complexity index is 999. The highest BCUT2D eigenvalue weighted by atomic mass is 32.1. The van der Waals surface area contributed by atoms with Gasteiger partial charge in [0.25, 0.3) is 0 Å². The van der Waals surface area contributed by atoms with Crippen molar-refractivity contribution < 1.29 is 0 Å². The molecule has 0 radical (unpaired) electrons. The number of nitrogens with one attached hydrogen (secondary N) is 1. The summed E-state index contributed by atoms with van der Waals surface area (Å²) in [6.45, 7) is 0.950. The second kappa shape index (κ2) is 8.58. The fourth-order valence-electron chi connectivity index (χ4n) is 7.73. The normalized spacial score (nSPS) is 29.1. The summed E-state index contributed by atoms with van der Waals surface area (Å²) in [5.41, 5.74) is 7.42. The zero-order chi connectivity index (χ0) is 22.4. The van der Waals surface area contributed by atoms with E-state index in [2.05, 4.69) is 71.9 Å². The van der Waals surface area contributed by atoms with E-state index in [1.807, 2.05) is 0 Å². The van der Waals surface area contributed by atoms with Crippen molar-refractivity contribution in [3.8, 4) is 0 Å². The third kappa shape index (κ3) is 4.14. The Balaban J connectivity index is 1.16. The largest absolute Gasteiger partial charge is 0.357 e. The standard InChI is InChI=1S/C30H36N2S/c1-32(29(33)31-30-18-21-15-22(19-30)17-23(16-21)20-30)14-6-11-28-26-9-4-2-7-24(26)12-13-25-8-3-5-10-27(25)28/h2-5,7-11,21-23H,6,12-20H2,1H3,(H,31,33). The van der Waals surface area contributed by atoms with Crippen LogP contribution in [0.3, 0.4) is 0 Å². The molecule has 0 aromatic heterocycles.